The molecule has 3 rings (SSSR count). The Kier molecular flexibility index (Phi) is 5.76. The van der Waals surface area contributed by atoms with E-state index in [0.717, 1.165) is 18.4 Å². The van der Waals surface area contributed by atoms with Gasteiger partial charge in [-0.15, -0.1) is 0 Å². The average Bonchev–Trinajstić information content (AvgIpc) is 3.44. The summed E-state index contributed by atoms with van der Waals surface area (Å²) >= 11 is 0. The molecule has 2 aromatic rings. The number of carbonyl (C=O) groups is 1. The Labute approximate surface area is 158 Å². The number of rotatable bonds is 8. The van der Waals surface area contributed by atoms with E-state index in [-0.39, 0.29) is 35.0 Å². The van der Waals surface area contributed by atoms with Crippen molar-refractivity contribution in [2.45, 2.75) is 43.0 Å². The molecule has 0 heterocycles. The van der Waals surface area contributed by atoms with Crippen molar-refractivity contribution in [1.82, 2.24) is 10.1 Å². The normalized spacial score (nSPS) is 15.2. The van der Waals surface area contributed by atoms with Crippen molar-refractivity contribution in [3.05, 3.63) is 59.9 Å². The number of hydrogen-bond acceptors (Lipinski definition) is 4. The highest BCUT2D eigenvalue weighted by Gasteiger charge is 2.27. The highest BCUT2D eigenvalue weighted by molar-refractivity contribution is 7.89. The summed E-state index contributed by atoms with van der Waals surface area (Å²) < 4.78 is 39.8. The number of hydrogen-bond donors (Lipinski definition) is 3. The van der Waals surface area contributed by atoms with Crippen molar-refractivity contribution in [2.24, 2.45) is 0 Å². The minimum Gasteiger partial charge on any atom is -0.299 e. The molecule has 0 radical (unpaired) electrons. The molecule has 2 aromatic carbocycles. The summed E-state index contributed by atoms with van der Waals surface area (Å²) in [7, 11) is -3.49. The van der Waals surface area contributed by atoms with E-state index < -0.39 is 10.0 Å². The number of sulfonamides is 1. The zero-order chi connectivity index (χ0) is 19.4. The van der Waals surface area contributed by atoms with Crippen LogP contribution < -0.4 is 15.6 Å². The van der Waals surface area contributed by atoms with Gasteiger partial charge in [0.25, 0.3) is 0 Å². The Balaban J connectivity index is 1.50. The number of anilines is 1. The maximum atomic E-state index is 13.0. The molecule has 0 saturated heterocycles. The van der Waals surface area contributed by atoms with Crippen LogP contribution in [0.2, 0.25) is 0 Å². The minimum absolute atomic E-state index is 0.0511. The zero-order valence-electron chi connectivity index (χ0n) is 14.9. The van der Waals surface area contributed by atoms with Crippen LogP contribution in [-0.2, 0) is 14.8 Å². The molecule has 1 aliphatic carbocycles. The van der Waals surface area contributed by atoms with Gasteiger partial charge < -0.3 is 0 Å². The first-order valence-electron chi connectivity index (χ1n) is 8.76. The lowest BCUT2D eigenvalue weighted by Gasteiger charge is -2.13. The molecule has 1 atom stereocenters. The third-order valence-electron chi connectivity index (χ3n) is 4.34. The van der Waals surface area contributed by atoms with Gasteiger partial charge in [-0.1, -0.05) is 19.1 Å². The summed E-state index contributed by atoms with van der Waals surface area (Å²) in [5.41, 5.74) is 6.80. The van der Waals surface area contributed by atoms with E-state index in [0.29, 0.717) is 5.69 Å². The lowest BCUT2D eigenvalue weighted by molar-refractivity contribution is -0.120. The molecule has 0 bridgehead atoms. The standard InChI is InChI=1S/C19H22FN3O3S/c1-13(14-2-4-15(20)5-3-14)12-19(24)22-21-16-8-10-18(11-9-16)27(25,26)23-17-6-7-17/h2-5,8-11,13,17,21,23H,6-7,12H2,1H3,(H,22,24). The van der Waals surface area contributed by atoms with Gasteiger partial charge in [-0.2, -0.15) is 0 Å². The molecular formula is C19H22FN3O3S. The van der Waals surface area contributed by atoms with Crippen molar-refractivity contribution >= 4 is 21.6 Å². The fourth-order valence-corrected chi connectivity index (χ4v) is 3.89. The van der Waals surface area contributed by atoms with Gasteiger partial charge in [0.1, 0.15) is 5.82 Å². The summed E-state index contributed by atoms with van der Waals surface area (Å²) in [6, 6.07) is 12.3. The van der Waals surface area contributed by atoms with E-state index in [4.69, 9.17) is 0 Å². The third-order valence-corrected chi connectivity index (χ3v) is 5.88. The highest BCUT2D eigenvalue weighted by atomic mass is 32.2. The van der Waals surface area contributed by atoms with E-state index in [1.165, 1.54) is 24.3 Å². The monoisotopic (exact) mass is 391 g/mol. The molecular weight excluding hydrogens is 369 g/mol. The van der Waals surface area contributed by atoms with Gasteiger partial charge in [0.15, 0.2) is 0 Å². The first-order valence-corrected chi connectivity index (χ1v) is 10.2. The summed E-state index contributed by atoms with van der Waals surface area (Å²) in [4.78, 5) is 12.3. The molecule has 1 fully saturated rings. The lowest BCUT2D eigenvalue weighted by atomic mass is 9.98. The predicted octanol–water partition coefficient (Wildman–Crippen LogP) is 2.90. The first kappa shape index (κ1) is 19.3. The van der Waals surface area contributed by atoms with Crippen molar-refractivity contribution in [2.75, 3.05) is 5.43 Å². The van der Waals surface area contributed by atoms with E-state index in [9.17, 15) is 17.6 Å². The third kappa shape index (κ3) is 5.51. The molecule has 27 heavy (non-hydrogen) atoms. The minimum atomic E-state index is -3.49. The molecule has 144 valence electrons. The Bertz CT molecular complexity index is 895. The van der Waals surface area contributed by atoms with Crippen molar-refractivity contribution in [3.8, 4) is 0 Å². The van der Waals surface area contributed by atoms with Gasteiger partial charge in [-0.3, -0.25) is 15.6 Å². The number of benzene rings is 2. The number of hydrazine groups is 1. The smallest absolute Gasteiger partial charge is 0.240 e. The first-order chi connectivity index (χ1) is 12.8. The number of carbonyl (C=O) groups excluding carboxylic acids is 1. The van der Waals surface area contributed by atoms with Crippen LogP contribution in [0.15, 0.2) is 53.4 Å². The Hall–Kier alpha value is -2.45. The molecule has 0 aromatic heterocycles. The van der Waals surface area contributed by atoms with Gasteiger partial charge >= 0.3 is 0 Å². The van der Waals surface area contributed by atoms with Crippen LogP contribution in [0.25, 0.3) is 0 Å². The molecule has 3 N–H and O–H groups in total. The van der Waals surface area contributed by atoms with Gasteiger partial charge in [-0.25, -0.2) is 17.5 Å². The molecule has 6 nitrogen and oxygen atoms in total. The summed E-state index contributed by atoms with van der Waals surface area (Å²) in [5, 5.41) is 0. The topological polar surface area (TPSA) is 87.3 Å². The van der Waals surface area contributed by atoms with E-state index >= 15 is 0 Å². The average molecular weight is 391 g/mol. The maximum Gasteiger partial charge on any atom is 0.240 e. The molecule has 0 aliphatic heterocycles. The van der Waals surface area contributed by atoms with E-state index in [1.54, 1.807) is 24.3 Å². The lowest BCUT2D eigenvalue weighted by Crippen LogP contribution is -2.30. The second kappa shape index (κ2) is 8.06. The molecule has 1 saturated carbocycles. The number of halogens is 1. The molecule has 1 unspecified atom stereocenters. The van der Waals surface area contributed by atoms with Gasteiger partial charge in [0.2, 0.25) is 15.9 Å². The van der Waals surface area contributed by atoms with Gasteiger partial charge in [-0.05, 0) is 60.7 Å². The van der Waals surface area contributed by atoms with Crippen molar-refractivity contribution in [3.63, 3.8) is 0 Å². The number of nitrogens with one attached hydrogen (secondary N) is 3. The Morgan fingerprint density at radius 1 is 1.11 bits per heavy atom. The zero-order valence-corrected chi connectivity index (χ0v) is 15.7. The molecule has 1 amide bonds. The summed E-state index contributed by atoms with van der Waals surface area (Å²) in [6.45, 7) is 1.89. The fraction of sp³-hybridized carbons (Fsp3) is 0.316. The van der Waals surface area contributed by atoms with Crippen LogP contribution in [0, 0.1) is 5.82 Å². The quantitative estimate of drug-likeness (QED) is 0.604. The SMILES string of the molecule is CC(CC(=O)NNc1ccc(S(=O)(=O)NC2CC2)cc1)c1ccc(F)cc1. The second-order valence-electron chi connectivity index (χ2n) is 6.75. The molecule has 0 spiro atoms. The Morgan fingerprint density at radius 3 is 2.33 bits per heavy atom. The summed E-state index contributed by atoms with van der Waals surface area (Å²) in [5.74, 6) is -0.595. The predicted molar refractivity (Wildman–Crippen MR) is 101 cm³/mol. The maximum absolute atomic E-state index is 13.0. The van der Waals surface area contributed by atoms with Crippen molar-refractivity contribution < 1.29 is 17.6 Å². The van der Waals surface area contributed by atoms with Crippen molar-refractivity contribution in [1.29, 1.82) is 0 Å². The van der Waals surface area contributed by atoms with Crippen LogP contribution in [0.5, 0.6) is 0 Å². The van der Waals surface area contributed by atoms with E-state index in [1.807, 2.05) is 6.92 Å². The van der Waals surface area contributed by atoms with Crippen LogP contribution in [0.4, 0.5) is 10.1 Å². The summed E-state index contributed by atoms with van der Waals surface area (Å²) in [6.07, 6.45) is 1.99. The van der Waals surface area contributed by atoms with E-state index in [2.05, 4.69) is 15.6 Å². The fourth-order valence-electron chi connectivity index (χ4n) is 2.59. The molecule has 1 aliphatic rings. The Morgan fingerprint density at radius 2 is 1.74 bits per heavy atom. The van der Waals surface area contributed by atoms with Crippen LogP contribution in [0.3, 0.4) is 0 Å². The van der Waals surface area contributed by atoms with Crippen LogP contribution >= 0.6 is 0 Å². The number of amides is 1. The largest absolute Gasteiger partial charge is 0.299 e. The van der Waals surface area contributed by atoms with Crippen LogP contribution in [0.1, 0.15) is 37.7 Å². The van der Waals surface area contributed by atoms with Gasteiger partial charge in [0, 0.05) is 12.5 Å². The second-order valence-corrected chi connectivity index (χ2v) is 8.46. The van der Waals surface area contributed by atoms with Crippen LogP contribution in [-0.4, -0.2) is 20.4 Å². The van der Waals surface area contributed by atoms with Gasteiger partial charge in [0.05, 0.1) is 10.6 Å². The highest BCUT2D eigenvalue weighted by Crippen LogP contribution is 2.23. The molecule has 8 heteroatoms.